The lowest BCUT2D eigenvalue weighted by molar-refractivity contribution is 0.207. The molecule has 0 spiro atoms. The minimum Gasteiger partial charge on any atom is -0.492 e. The molecule has 0 atom stereocenters. The third-order valence-corrected chi connectivity index (χ3v) is 4.80. The average Bonchev–Trinajstić information content (AvgIpc) is 3.17. The molecule has 1 N–H and O–H groups in total. The van der Waals surface area contributed by atoms with Gasteiger partial charge in [0.05, 0.1) is 6.54 Å². The van der Waals surface area contributed by atoms with Gasteiger partial charge in [0, 0.05) is 30.8 Å². The third kappa shape index (κ3) is 5.04. The van der Waals surface area contributed by atoms with E-state index in [1.165, 1.54) is 4.90 Å². The van der Waals surface area contributed by atoms with E-state index in [0.29, 0.717) is 30.4 Å². The average molecular weight is 410 g/mol. The number of hydrogen-bond acceptors (Lipinski definition) is 3. The quantitative estimate of drug-likeness (QED) is 0.748. The zero-order chi connectivity index (χ0) is 20.1. The number of carbonyl (C=O) groups is 1. The summed E-state index contributed by atoms with van der Waals surface area (Å²) in [6, 6.07) is 8.70. The number of rotatable bonds is 6. The molecule has 2 aromatic rings. The van der Waals surface area contributed by atoms with Crippen LogP contribution >= 0.6 is 11.6 Å². The number of carbonyl (C=O) groups excluding carboxylic acids is 1. The molecule has 0 saturated carbocycles. The van der Waals surface area contributed by atoms with Gasteiger partial charge in [0.2, 0.25) is 0 Å². The van der Waals surface area contributed by atoms with Crippen LogP contribution < -0.4 is 15.0 Å². The highest BCUT2D eigenvalue weighted by molar-refractivity contribution is 6.30. The van der Waals surface area contributed by atoms with Crippen LogP contribution in [0.5, 0.6) is 5.75 Å². The Morgan fingerprint density at radius 1 is 1.18 bits per heavy atom. The fraction of sp³-hybridized carbons (Fsp3) is 0.350. The highest BCUT2D eigenvalue weighted by Crippen LogP contribution is 2.29. The number of amides is 2. The van der Waals surface area contributed by atoms with E-state index in [1.807, 2.05) is 0 Å². The number of likely N-dealkylation sites (N-methyl/N-ethyl adjacent to an activating group) is 1. The van der Waals surface area contributed by atoms with E-state index >= 15 is 0 Å². The first kappa shape index (κ1) is 20.2. The van der Waals surface area contributed by atoms with Gasteiger partial charge in [0.25, 0.3) is 0 Å². The van der Waals surface area contributed by atoms with E-state index in [0.717, 1.165) is 25.0 Å². The standard InChI is InChI=1S/C20H22ClF2N3O2/c1-25(10-11-28-16-6-4-14(21)5-7-16)20(27)24-15-12-17(22)19(18(23)13-15)26-8-2-3-9-26/h4-7,12-13H,2-3,8-11H2,1H3,(H,24,27). The number of nitrogens with one attached hydrogen (secondary N) is 1. The fourth-order valence-corrected chi connectivity index (χ4v) is 3.16. The van der Waals surface area contributed by atoms with Crippen LogP contribution in [0.2, 0.25) is 5.02 Å². The maximum atomic E-state index is 14.4. The van der Waals surface area contributed by atoms with Crippen molar-refractivity contribution in [2.75, 3.05) is 43.5 Å². The smallest absolute Gasteiger partial charge is 0.321 e. The van der Waals surface area contributed by atoms with E-state index in [1.54, 1.807) is 36.2 Å². The molecule has 1 aliphatic heterocycles. The van der Waals surface area contributed by atoms with Crippen LogP contribution in [0.15, 0.2) is 36.4 Å². The summed E-state index contributed by atoms with van der Waals surface area (Å²) in [5.74, 6) is -0.711. The van der Waals surface area contributed by atoms with Gasteiger partial charge in [-0.15, -0.1) is 0 Å². The molecule has 0 unspecified atom stereocenters. The lowest BCUT2D eigenvalue weighted by atomic mass is 10.2. The first-order chi connectivity index (χ1) is 13.4. The molecule has 28 heavy (non-hydrogen) atoms. The topological polar surface area (TPSA) is 44.8 Å². The normalized spacial score (nSPS) is 13.5. The number of anilines is 2. The lowest BCUT2D eigenvalue weighted by Gasteiger charge is -2.21. The summed E-state index contributed by atoms with van der Waals surface area (Å²) in [5, 5.41) is 3.12. The highest BCUT2D eigenvalue weighted by atomic mass is 35.5. The summed E-state index contributed by atoms with van der Waals surface area (Å²) >= 11 is 5.81. The predicted molar refractivity (Wildman–Crippen MR) is 106 cm³/mol. The van der Waals surface area contributed by atoms with Gasteiger partial charge < -0.3 is 19.9 Å². The number of halogens is 3. The van der Waals surface area contributed by atoms with Crippen molar-refractivity contribution < 1.29 is 18.3 Å². The predicted octanol–water partition coefficient (Wildman–Crippen LogP) is 4.76. The lowest BCUT2D eigenvalue weighted by Crippen LogP contribution is -2.34. The summed E-state index contributed by atoms with van der Waals surface area (Å²) in [7, 11) is 1.58. The fourth-order valence-electron chi connectivity index (χ4n) is 3.03. The Morgan fingerprint density at radius 3 is 2.39 bits per heavy atom. The number of nitrogens with zero attached hydrogens (tertiary/aromatic N) is 2. The van der Waals surface area contributed by atoms with Crippen LogP contribution in [-0.4, -0.2) is 44.2 Å². The van der Waals surface area contributed by atoms with Crippen LogP contribution in [0.25, 0.3) is 0 Å². The largest absolute Gasteiger partial charge is 0.492 e. The van der Waals surface area contributed by atoms with Crippen LogP contribution in [0.4, 0.5) is 25.0 Å². The maximum absolute atomic E-state index is 14.4. The number of urea groups is 1. The second-order valence-corrected chi connectivity index (χ2v) is 7.07. The summed E-state index contributed by atoms with van der Waals surface area (Å²) in [5.41, 5.74) is 0.0497. The monoisotopic (exact) mass is 409 g/mol. The van der Waals surface area contributed by atoms with Gasteiger partial charge in [0.1, 0.15) is 18.0 Å². The molecule has 0 aromatic heterocycles. The van der Waals surface area contributed by atoms with Crippen LogP contribution in [0.3, 0.4) is 0 Å². The Balaban J connectivity index is 1.53. The molecule has 0 radical (unpaired) electrons. The van der Waals surface area contributed by atoms with Gasteiger partial charge in [-0.2, -0.15) is 0 Å². The van der Waals surface area contributed by atoms with Gasteiger partial charge in [-0.3, -0.25) is 0 Å². The second-order valence-electron chi connectivity index (χ2n) is 6.64. The maximum Gasteiger partial charge on any atom is 0.321 e. The highest BCUT2D eigenvalue weighted by Gasteiger charge is 2.21. The van der Waals surface area contributed by atoms with E-state index in [9.17, 15) is 13.6 Å². The molecule has 1 heterocycles. The minimum atomic E-state index is -0.675. The molecular formula is C20H22ClF2N3O2. The Bertz CT molecular complexity index is 804. The first-order valence-corrected chi connectivity index (χ1v) is 9.46. The Hall–Kier alpha value is -2.54. The first-order valence-electron chi connectivity index (χ1n) is 9.08. The van der Waals surface area contributed by atoms with Crippen molar-refractivity contribution in [1.82, 2.24) is 4.90 Å². The van der Waals surface area contributed by atoms with Crippen LogP contribution in [0.1, 0.15) is 12.8 Å². The van der Waals surface area contributed by atoms with Gasteiger partial charge in [-0.05, 0) is 49.2 Å². The molecule has 1 saturated heterocycles. The molecule has 0 aliphatic carbocycles. The summed E-state index contributed by atoms with van der Waals surface area (Å²) in [4.78, 5) is 15.3. The van der Waals surface area contributed by atoms with Gasteiger partial charge in [0.15, 0.2) is 11.6 Å². The van der Waals surface area contributed by atoms with Crippen molar-refractivity contribution in [3.8, 4) is 5.75 Å². The zero-order valence-electron chi connectivity index (χ0n) is 15.6. The van der Waals surface area contributed by atoms with Crippen molar-refractivity contribution in [3.05, 3.63) is 53.1 Å². The van der Waals surface area contributed by atoms with Gasteiger partial charge >= 0.3 is 6.03 Å². The van der Waals surface area contributed by atoms with E-state index in [4.69, 9.17) is 16.3 Å². The summed E-state index contributed by atoms with van der Waals surface area (Å²) < 4.78 is 34.3. The molecule has 150 valence electrons. The Labute approximate surface area is 167 Å². The van der Waals surface area contributed by atoms with E-state index < -0.39 is 17.7 Å². The van der Waals surface area contributed by atoms with E-state index in [2.05, 4.69) is 5.32 Å². The molecule has 0 bridgehead atoms. The summed E-state index contributed by atoms with van der Waals surface area (Å²) in [6.07, 6.45) is 1.83. The minimum absolute atomic E-state index is 0.0276. The SMILES string of the molecule is CN(CCOc1ccc(Cl)cc1)C(=O)Nc1cc(F)c(N2CCCC2)c(F)c1. The van der Waals surface area contributed by atoms with E-state index in [-0.39, 0.29) is 18.0 Å². The van der Waals surface area contributed by atoms with Crippen LogP contribution in [-0.2, 0) is 0 Å². The van der Waals surface area contributed by atoms with Crippen LogP contribution in [0, 0.1) is 11.6 Å². The van der Waals surface area contributed by atoms with Crippen molar-refractivity contribution in [3.63, 3.8) is 0 Å². The number of benzene rings is 2. The molecule has 2 aromatic carbocycles. The molecule has 5 nitrogen and oxygen atoms in total. The molecule has 1 fully saturated rings. The summed E-state index contributed by atoms with van der Waals surface area (Å²) in [6.45, 7) is 1.83. The molecule has 1 aliphatic rings. The number of hydrogen-bond donors (Lipinski definition) is 1. The van der Waals surface area contributed by atoms with Crippen molar-refractivity contribution >= 4 is 29.0 Å². The molecule has 3 rings (SSSR count). The molecule has 2 amide bonds. The van der Waals surface area contributed by atoms with Crippen molar-refractivity contribution in [1.29, 1.82) is 0 Å². The zero-order valence-corrected chi connectivity index (χ0v) is 16.3. The Morgan fingerprint density at radius 2 is 1.79 bits per heavy atom. The second kappa shape index (κ2) is 9.10. The van der Waals surface area contributed by atoms with Gasteiger partial charge in [-0.1, -0.05) is 11.6 Å². The van der Waals surface area contributed by atoms with Gasteiger partial charge in [-0.25, -0.2) is 13.6 Å². The molecular weight excluding hydrogens is 388 g/mol. The Kier molecular flexibility index (Phi) is 6.57. The third-order valence-electron chi connectivity index (χ3n) is 4.55. The number of ether oxygens (including phenoxy) is 1. The van der Waals surface area contributed by atoms with Crippen molar-refractivity contribution in [2.45, 2.75) is 12.8 Å². The molecule has 8 heteroatoms. The van der Waals surface area contributed by atoms with Crippen molar-refractivity contribution in [2.24, 2.45) is 0 Å².